The van der Waals surface area contributed by atoms with Crippen LogP contribution in [0.5, 0.6) is 0 Å². The van der Waals surface area contributed by atoms with E-state index in [1.165, 1.54) is 0 Å². The number of hydrogen-bond acceptors (Lipinski definition) is 2. The molecule has 2 nitrogen and oxygen atoms in total. The van der Waals surface area contributed by atoms with Crippen molar-refractivity contribution >= 4 is 0 Å². The third-order valence-corrected chi connectivity index (χ3v) is 2.83. The fraction of sp³-hybridized carbons (Fsp3) is 1.00. The first-order valence-corrected chi connectivity index (χ1v) is 5.03. The maximum absolute atomic E-state index is 9.30. The van der Waals surface area contributed by atoms with Crippen LogP contribution in [0.4, 0.5) is 0 Å². The Morgan fingerprint density at radius 1 is 1.33 bits per heavy atom. The molecule has 1 unspecified atom stereocenters. The molecule has 0 aromatic rings. The molecule has 0 amide bonds. The van der Waals surface area contributed by atoms with Crippen molar-refractivity contribution in [2.45, 2.75) is 51.7 Å². The minimum absolute atomic E-state index is 0.0462. The summed E-state index contributed by atoms with van der Waals surface area (Å²) in [7, 11) is 0. The van der Waals surface area contributed by atoms with E-state index in [2.05, 4.69) is 6.92 Å². The van der Waals surface area contributed by atoms with Gasteiger partial charge >= 0.3 is 0 Å². The van der Waals surface area contributed by atoms with Crippen LogP contribution in [0, 0.1) is 5.92 Å². The number of aliphatic hydroxyl groups excluding tert-OH is 1. The van der Waals surface area contributed by atoms with Gasteiger partial charge < -0.3 is 9.84 Å². The molecule has 1 aliphatic rings. The quantitative estimate of drug-likeness (QED) is 0.705. The molecule has 0 radical (unpaired) electrons. The molecule has 1 rings (SSSR count). The van der Waals surface area contributed by atoms with E-state index in [-0.39, 0.29) is 6.10 Å². The van der Waals surface area contributed by atoms with Gasteiger partial charge in [0.15, 0.2) is 0 Å². The third-order valence-electron chi connectivity index (χ3n) is 2.83. The molecule has 0 aromatic heterocycles. The lowest BCUT2D eigenvalue weighted by Crippen LogP contribution is -2.27. The fourth-order valence-electron chi connectivity index (χ4n) is 1.97. The first-order valence-electron chi connectivity index (χ1n) is 5.03. The smallest absolute Gasteiger partial charge is 0.0575 e. The molecule has 1 atom stereocenters. The van der Waals surface area contributed by atoms with Crippen molar-refractivity contribution in [2.75, 3.05) is 6.61 Å². The lowest BCUT2D eigenvalue weighted by atomic mass is 9.84. The van der Waals surface area contributed by atoms with Crippen LogP contribution in [-0.4, -0.2) is 23.9 Å². The Kier molecular flexibility index (Phi) is 4.02. The molecule has 0 bridgehead atoms. The zero-order valence-electron chi connectivity index (χ0n) is 8.12. The first-order chi connectivity index (χ1) is 5.74. The van der Waals surface area contributed by atoms with Crippen LogP contribution < -0.4 is 0 Å². The molecule has 0 saturated heterocycles. The normalized spacial score (nSPS) is 33.2. The summed E-state index contributed by atoms with van der Waals surface area (Å²) in [6, 6.07) is 0. The maximum Gasteiger partial charge on any atom is 0.0575 e. The highest BCUT2D eigenvalue weighted by molar-refractivity contribution is 4.75. The fourth-order valence-corrected chi connectivity index (χ4v) is 1.97. The summed E-state index contributed by atoms with van der Waals surface area (Å²) < 4.78 is 5.53. The van der Waals surface area contributed by atoms with Crippen molar-refractivity contribution in [3.8, 4) is 0 Å². The molecule has 1 N–H and O–H groups in total. The Morgan fingerprint density at radius 3 is 2.42 bits per heavy atom. The van der Waals surface area contributed by atoms with Crippen LogP contribution in [0.15, 0.2) is 0 Å². The van der Waals surface area contributed by atoms with Crippen LogP contribution >= 0.6 is 0 Å². The summed E-state index contributed by atoms with van der Waals surface area (Å²) in [6.45, 7) is 4.99. The molecular weight excluding hydrogens is 152 g/mol. The topological polar surface area (TPSA) is 29.5 Å². The maximum atomic E-state index is 9.30. The SMILES string of the molecule is CCOC(C)C1CCC(O)CC1. The lowest BCUT2D eigenvalue weighted by Gasteiger charge is -2.29. The second-order valence-corrected chi connectivity index (χ2v) is 3.73. The average Bonchev–Trinajstić information content (AvgIpc) is 2.06. The van der Waals surface area contributed by atoms with Gasteiger partial charge in [-0.2, -0.15) is 0 Å². The van der Waals surface area contributed by atoms with Gasteiger partial charge in [0.25, 0.3) is 0 Å². The molecule has 2 heteroatoms. The highest BCUT2D eigenvalue weighted by atomic mass is 16.5. The van der Waals surface area contributed by atoms with Gasteiger partial charge in [0.2, 0.25) is 0 Å². The zero-order valence-corrected chi connectivity index (χ0v) is 8.12. The summed E-state index contributed by atoms with van der Waals surface area (Å²) in [5.41, 5.74) is 0. The van der Waals surface area contributed by atoms with Crippen molar-refractivity contribution < 1.29 is 9.84 Å². The number of rotatable bonds is 3. The van der Waals surface area contributed by atoms with Crippen LogP contribution in [0.25, 0.3) is 0 Å². The molecule has 1 aliphatic carbocycles. The molecule has 1 fully saturated rings. The number of hydrogen-bond donors (Lipinski definition) is 1. The second kappa shape index (κ2) is 4.83. The van der Waals surface area contributed by atoms with E-state index in [1.54, 1.807) is 0 Å². The Morgan fingerprint density at radius 2 is 1.92 bits per heavy atom. The average molecular weight is 172 g/mol. The van der Waals surface area contributed by atoms with Crippen LogP contribution in [0.3, 0.4) is 0 Å². The van der Waals surface area contributed by atoms with Crippen molar-refractivity contribution in [1.82, 2.24) is 0 Å². The molecule has 0 aromatic carbocycles. The van der Waals surface area contributed by atoms with Crippen LogP contribution in [0.2, 0.25) is 0 Å². The summed E-state index contributed by atoms with van der Waals surface area (Å²) >= 11 is 0. The predicted molar refractivity (Wildman–Crippen MR) is 49.1 cm³/mol. The van der Waals surface area contributed by atoms with E-state index in [0.717, 1.165) is 32.3 Å². The van der Waals surface area contributed by atoms with E-state index in [0.29, 0.717) is 12.0 Å². The van der Waals surface area contributed by atoms with E-state index < -0.39 is 0 Å². The van der Waals surface area contributed by atoms with Gasteiger partial charge in [-0.15, -0.1) is 0 Å². The van der Waals surface area contributed by atoms with Gasteiger partial charge in [0, 0.05) is 6.61 Å². The highest BCUT2D eigenvalue weighted by Gasteiger charge is 2.23. The summed E-state index contributed by atoms with van der Waals surface area (Å²) in [4.78, 5) is 0. The monoisotopic (exact) mass is 172 g/mol. The largest absolute Gasteiger partial charge is 0.393 e. The minimum Gasteiger partial charge on any atom is -0.393 e. The number of ether oxygens (including phenoxy) is 1. The Labute approximate surface area is 74.9 Å². The van der Waals surface area contributed by atoms with Gasteiger partial charge in [-0.3, -0.25) is 0 Å². The summed E-state index contributed by atoms with van der Waals surface area (Å²) in [5.74, 6) is 0.674. The first kappa shape index (κ1) is 10.0. The van der Waals surface area contributed by atoms with E-state index in [9.17, 15) is 5.11 Å². The van der Waals surface area contributed by atoms with Crippen molar-refractivity contribution in [1.29, 1.82) is 0 Å². The number of aliphatic hydroxyl groups is 1. The summed E-state index contributed by atoms with van der Waals surface area (Å²) in [5, 5.41) is 9.30. The van der Waals surface area contributed by atoms with Gasteiger partial charge in [0.1, 0.15) is 0 Å². The molecule has 12 heavy (non-hydrogen) atoms. The van der Waals surface area contributed by atoms with Gasteiger partial charge in [-0.1, -0.05) is 0 Å². The Hall–Kier alpha value is -0.0800. The highest BCUT2D eigenvalue weighted by Crippen LogP contribution is 2.27. The Bertz CT molecular complexity index is 117. The summed E-state index contributed by atoms with van der Waals surface area (Å²) in [6.07, 6.45) is 4.51. The van der Waals surface area contributed by atoms with Gasteiger partial charge in [-0.05, 0) is 45.4 Å². The standard InChI is InChI=1S/C10H20O2/c1-3-12-8(2)9-4-6-10(11)7-5-9/h8-11H,3-7H2,1-2H3. The van der Waals surface area contributed by atoms with Gasteiger partial charge in [-0.25, -0.2) is 0 Å². The van der Waals surface area contributed by atoms with Crippen LogP contribution in [-0.2, 0) is 4.74 Å². The van der Waals surface area contributed by atoms with Gasteiger partial charge in [0.05, 0.1) is 12.2 Å². The van der Waals surface area contributed by atoms with Crippen LogP contribution in [0.1, 0.15) is 39.5 Å². The van der Waals surface area contributed by atoms with Crippen molar-refractivity contribution in [3.63, 3.8) is 0 Å². The molecule has 0 aliphatic heterocycles. The second-order valence-electron chi connectivity index (χ2n) is 3.73. The molecule has 0 heterocycles. The Balaban J connectivity index is 2.24. The zero-order chi connectivity index (χ0) is 8.97. The lowest BCUT2D eigenvalue weighted by molar-refractivity contribution is 0.00148. The molecule has 72 valence electrons. The van der Waals surface area contributed by atoms with E-state index >= 15 is 0 Å². The molecule has 0 spiro atoms. The van der Waals surface area contributed by atoms with E-state index in [4.69, 9.17) is 4.74 Å². The third kappa shape index (κ3) is 2.76. The predicted octanol–water partition coefficient (Wildman–Crippen LogP) is 1.96. The van der Waals surface area contributed by atoms with E-state index in [1.807, 2.05) is 6.92 Å². The molecule has 1 saturated carbocycles. The van der Waals surface area contributed by atoms with Crippen molar-refractivity contribution in [3.05, 3.63) is 0 Å². The minimum atomic E-state index is -0.0462. The van der Waals surface area contributed by atoms with Crippen molar-refractivity contribution in [2.24, 2.45) is 5.92 Å². The molecular formula is C10H20O2.